The van der Waals surface area contributed by atoms with Crippen molar-refractivity contribution in [2.75, 3.05) is 4.90 Å². The van der Waals surface area contributed by atoms with Gasteiger partial charge in [0.2, 0.25) is 0 Å². The highest BCUT2D eigenvalue weighted by atomic mass is 16.5. The van der Waals surface area contributed by atoms with E-state index in [1.165, 1.54) is 84.0 Å². The van der Waals surface area contributed by atoms with Gasteiger partial charge < -0.3 is 9.64 Å². The van der Waals surface area contributed by atoms with Crippen LogP contribution in [0, 0.1) is 23.7 Å². The standard InChI is InChI=1S/C48H49NO/c1-46(2)23-24-47(3,4)42-30-38(21-22-39(42)46)49(37-19-17-34(18-20-37)33-11-6-5-7-12-33)43-15-10-14-41-45(43)50-44-16-9-8-13-40(44)48(41)35-26-31-25-32(28-35)29-36(48)27-31/h5-22,30-32,35-36H,23-29H2,1-4H3. The first-order chi connectivity index (χ1) is 24.2. The van der Waals surface area contributed by atoms with E-state index in [0.29, 0.717) is 11.8 Å². The Kier molecular flexibility index (Phi) is 6.62. The molecule has 6 aliphatic rings. The molecule has 2 nitrogen and oxygen atoms in total. The number of fused-ring (bicyclic) bond motifs is 3. The molecule has 252 valence electrons. The summed E-state index contributed by atoms with van der Waals surface area (Å²) in [7, 11) is 0. The van der Waals surface area contributed by atoms with E-state index in [0.717, 1.165) is 34.7 Å². The molecular formula is C48H49NO. The summed E-state index contributed by atoms with van der Waals surface area (Å²) in [5.74, 6) is 5.25. The van der Waals surface area contributed by atoms with Crippen LogP contribution in [-0.4, -0.2) is 0 Å². The molecule has 5 aromatic carbocycles. The third kappa shape index (κ3) is 4.39. The highest BCUT2D eigenvalue weighted by Gasteiger charge is 2.61. The topological polar surface area (TPSA) is 12.5 Å². The Morgan fingerprint density at radius 3 is 1.84 bits per heavy atom. The van der Waals surface area contributed by atoms with Crippen molar-refractivity contribution in [1.82, 2.24) is 0 Å². The van der Waals surface area contributed by atoms with E-state index >= 15 is 0 Å². The van der Waals surface area contributed by atoms with Crippen LogP contribution in [0.1, 0.15) is 94.9 Å². The van der Waals surface area contributed by atoms with E-state index in [1.807, 2.05) is 0 Å². The van der Waals surface area contributed by atoms with Crippen molar-refractivity contribution in [3.8, 4) is 22.6 Å². The number of hydrogen-bond donors (Lipinski definition) is 0. The van der Waals surface area contributed by atoms with E-state index in [2.05, 4.69) is 148 Å². The van der Waals surface area contributed by atoms with Crippen molar-refractivity contribution >= 4 is 17.1 Å². The first-order valence-corrected chi connectivity index (χ1v) is 19.2. The molecule has 1 heterocycles. The van der Waals surface area contributed by atoms with Crippen molar-refractivity contribution in [2.24, 2.45) is 23.7 Å². The first kappa shape index (κ1) is 30.5. The van der Waals surface area contributed by atoms with Crippen LogP contribution in [0.25, 0.3) is 11.1 Å². The second-order valence-electron chi connectivity index (χ2n) is 17.7. The monoisotopic (exact) mass is 655 g/mol. The number of rotatable bonds is 4. The van der Waals surface area contributed by atoms with Gasteiger partial charge in [0.1, 0.15) is 5.75 Å². The van der Waals surface area contributed by atoms with Crippen LogP contribution >= 0.6 is 0 Å². The SMILES string of the molecule is CC1(C)CCC(C)(C)c2cc(N(c3ccc(-c4ccccc4)cc3)c3cccc4c3Oc3ccccc3C43C4CC5CC(C4)CC3C5)ccc21. The maximum atomic E-state index is 7.20. The minimum Gasteiger partial charge on any atom is -0.455 e. The van der Waals surface area contributed by atoms with Gasteiger partial charge in [0.25, 0.3) is 0 Å². The summed E-state index contributed by atoms with van der Waals surface area (Å²) in [5.41, 5.74) is 12.1. The van der Waals surface area contributed by atoms with Crippen molar-refractivity contribution in [1.29, 1.82) is 0 Å². The summed E-state index contributed by atoms with van der Waals surface area (Å²) in [6, 6.07) is 43.4. The lowest BCUT2D eigenvalue weighted by Crippen LogP contribution is -2.57. The van der Waals surface area contributed by atoms with Gasteiger partial charge in [0.15, 0.2) is 5.75 Å². The molecule has 0 atom stereocenters. The summed E-state index contributed by atoms with van der Waals surface area (Å²) in [4.78, 5) is 2.50. The van der Waals surface area contributed by atoms with Crippen LogP contribution < -0.4 is 9.64 Å². The molecule has 4 saturated carbocycles. The highest BCUT2D eigenvalue weighted by Crippen LogP contribution is 2.69. The quantitative estimate of drug-likeness (QED) is 0.191. The molecule has 0 radical (unpaired) electrons. The number of ether oxygens (including phenoxy) is 1. The number of anilines is 3. The molecule has 0 aromatic heterocycles. The second kappa shape index (κ2) is 10.8. The molecule has 2 heteroatoms. The molecule has 0 unspecified atom stereocenters. The molecular weight excluding hydrogens is 607 g/mol. The van der Waals surface area contributed by atoms with Crippen LogP contribution in [0.5, 0.6) is 11.5 Å². The molecule has 0 saturated heterocycles. The molecule has 0 N–H and O–H groups in total. The lowest BCUT2D eigenvalue weighted by molar-refractivity contribution is -0.0451. The van der Waals surface area contributed by atoms with E-state index in [4.69, 9.17) is 4.74 Å². The van der Waals surface area contributed by atoms with Gasteiger partial charge in [-0.3, -0.25) is 0 Å². The van der Waals surface area contributed by atoms with E-state index < -0.39 is 0 Å². The largest absolute Gasteiger partial charge is 0.455 e. The van der Waals surface area contributed by atoms with Gasteiger partial charge in [-0.05, 0) is 138 Å². The van der Waals surface area contributed by atoms with Crippen LogP contribution in [0.3, 0.4) is 0 Å². The summed E-state index contributed by atoms with van der Waals surface area (Å²) >= 11 is 0. The van der Waals surface area contributed by atoms with Crippen LogP contribution in [0.2, 0.25) is 0 Å². The Bertz CT molecular complexity index is 2080. The van der Waals surface area contributed by atoms with E-state index in [9.17, 15) is 0 Å². The van der Waals surface area contributed by atoms with Crippen molar-refractivity contribution in [3.63, 3.8) is 0 Å². The zero-order valence-electron chi connectivity index (χ0n) is 30.1. The molecule has 1 aliphatic heterocycles. The Hall–Kier alpha value is -4.30. The van der Waals surface area contributed by atoms with Gasteiger partial charge in [0, 0.05) is 27.9 Å². The average Bonchev–Trinajstić information content (AvgIpc) is 3.13. The molecule has 4 fully saturated rings. The molecule has 50 heavy (non-hydrogen) atoms. The Morgan fingerprint density at radius 1 is 0.520 bits per heavy atom. The van der Waals surface area contributed by atoms with Gasteiger partial charge in [-0.2, -0.15) is 0 Å². The normalized spacial score (nSPS) is 27.6. The average molecular weight is 656 g/mol. The number of benzene rings is 5. The molecule has 0 amide bonds. The Balaban J connectivity index is 1.19. The van der Waals surface area contributed by atoms with Crippen molar-refractivity contribution < 1.29 is 4.74 Å². The van der Waals surface area contributed by atoms with E-state index in [-0.39, 0.29) is 16.2 Å². The van der Waals surface area contributed by atoms with Gasteiger partial charge >= 0.3 is 0 Å². The van der Waals surface area contributed by atoms with Crippen molar-refractivity contribution in [2.45, 2.75) is 88.9 Å². The fourth-order valence-corrected chi connectivity index (χ4v) is 11.7. The second-order valence-corrected chi connectivity index (χ2v) is 17.7. The first-order valence-electron chi connectivity index (χ1n) is 19.2. The zero-order chi connectivity index (χ0) is 33.8. The van der Waals surface area contributed by atoms with Crippen molar-refractivity contribution in [3.05, 3.63) is 138 Å². The maximum absolute atomic E-state index is 7.20. The molecule has 11 rings (SSSR count). The lowest BCUT2D eigenvalue weighted by Gasteiger charge is -2.63. The van der Waals surface area contributed by atoms with Crippen LogP contribution in [0.15, 0.2) is 115 Å². The lowest BCUT2D eigenvalue weighted by atomic mass is 9.42. The Labute approximate surface area is 298 Å². The van der Waals surface area contributed by atoms with Crippen LogP contribution in [-0.2, 0) is 16.2 Å². The number of para-hydroxylation sites is 2. The maximum Gasteiger partial charge on any atom is 0.155 e. The summed E-state index contributed by atoms with van der Waals surface area (Å²) in [6.07, 6.45) is 9.26. The number of nitrogens with zero attached hydrogens (tertiary/aromatic N) is 1. The summed E-state index contributed by atoms with van der Waals surface area (Å²) in [6.45, 7) is 9.71. The predicted molar refractivity (Wildman–Crippen MR) is 206 cm³/mol. The van der Waals surface area contributed by atoms with Crippen LogP contribution in [0.4, 0.5) is 17.1 Å². The van der Waals surface area contributed by atoms with Gasteiger partial charge in [-0.15, -0.1) is 0 Å². The van der Waals surface area contributed by atoms with Gasteiger partial charge in [0.05, 0.1) is 5.69 Å². The predicted octanol–water partition coefficient (Wildman–Crippen LogP) is 13.0. The third-order valence-electron chi connectivity index (χ3n) is 14.0. The Morgan fingerprint density at radius 2 is 1.12 bits per heavy atom. The molecule has 5 aliphatic carbocycles. The summed E-state index contributed by atoms with van der Waals surface area (Å²) in [5, 5.41) is 0. The zero-order valence-corrected chi connectivity index (χ0v) is 30.1. The minimum absolute atomic E-state index is 0.0122. The summed E-state index contributed by atoms with van der Waals surface area (Å²) < 4.78 is 7.20. The number of hydrogen-bond acceptors (Lipinski definition) is 2. The minimum atomic E-state index is 0.0122. The molecule has 1 spiro atoms. The third-order valence-corrected chi connectivity index (χ3v) is 14.0. The van der Waals surface area contributed by atoms with E-state index in [1.54, 1.807) is 0 Å². The fourth-order valence-electron chi connectivity index (χ4n) is 11.7. The molecule has 4 bridgehead atoms. The highest BCUT2D eigenvalue weighted by molar-refractivity contribution is 5.84. The van der Waals surface area contributed by atoms with Gasteiger partial charge in [-0.1, -0.05) is 107 Å². The fraction of sp³-hybridized carbons (Fsp3) is 0.375. The molecule has 5 aromatic rings. The smallest absolute Gasteiger partial charge is 0.155 e. The van der Waals surface area contributed by atoms with Gasteiger partial charge in [-0.25, -0.2) is 0 Å².